The monoisotopic (exact) mass is 242 g/mol. The fourth-order valence-corrected chi connectivity index (χ4v) is 1.72. The highest BCUT2D eigenvalue weighted by Gasteiger charge is 2.12. The summed E-state index contributed by atoms with van der Waals surface area (Å²) in [5, 5.41) is 3.32. The third-order valence-electron chi connectivity index (χ3n) is 2.32. The molecular formula is C13H30N4. The second-order valence-electron chi connectivity index (χ2n) is 5.85. The molecule has 0 heterocycles. The molecule has 0 aliphatic heterocycles. The largest absolute Gasteiger partial charge is 0.370 e. The summed E-state index contributed by atoms with van der Waals surface area (Å²) in [6.07, 6.45) is 1.11. The Morgan fingerprint density at radius 3 is 2.18 bits per heavy atom. The quantitative estimate of drug-likeness (QED) is 0.526. The first-order chi connectivity index (χ1) is 7.81. The summed E-state index contributed by atoms with van der Waals surface area (Å²) in [5.74, 6) is 1.78. The van der Waals surface area contributed by atoms with E-state index in [9.17, 15) is 0 Å². The first-order valence-corrected chi connectivity index (χ1v) is 6.52. The number of hydrogen-bond donors (Lipinski definition) is 2. The zero-order chi connectivity index (χ0) is 13.4. The zero-order valence-corrected chi connectivity index (χ0v) is 12.3. The van der Waals surface area contributed by atoms with E-state index in [0.717, 1.165) is 19.5 Å². The Morgan fingerprint density at radius 1 is 1.18 bits per heavy atom. The van der Waals surface area contributed by atoms with E-state index in [0.29, 0.717) is 23.8 Å². The van der Waals surface area contributed by atoms with Gasteiger partial charge in [0.05, 0.1) is 0 Å². The molecule has 0 aromatic carbocycles. The minimum atomic E-state index is 0.376. The maximum Gasteiger partial charge on any atom is 0.188 e. The van der Waals surface area contributed by atoms with E-state index < -0.39 is 0 Å². The minimum Gasteiger partial charge on any atom is -0.370 e. The second-order valence-corrected chi connectivity index (χ2v) is 5.85. The number of likely N-dealkylation sites (N-methyl/N-ethyl adjacent to an activating group) is 1. The molecule has 0 amide bonds. The summed E-state index contributed by atoms with van der Waals surface area (Å²) in [7, 11) is 4.16. The normalized spacial score (nSPS) is 14.8. The maximum atomic E-state index is 5.89. The van der Waals surface area contributed by atoms with Crippen LogP contribution in [0.1, 0.15) is 34.1 Å². The molecule has 0 aliphatic rings. The van der Waals surface area contributed by atoms with Gasteiger partial charge in [0.25, 0.3) is 0 Å². The zero-order valence-electron chi connectivity index (χ0n) is 12.3. The number of rotatable bonds is 7. The highest BCUT2D eigenvalue weighted by atomic mass is 15.2. The highest BCUT2D eigenvalue weighted by molar-refractivity contribution is 5.78. The lowest BCUT2D eigenvalue weighted by atomic mass is 10.0. The molecule has 0 bridgehead atoms. The summed E-state index contributed by atoms with van der Waals surface area (Å²) in [4.78, 5) is 6.52. The molecule has 1 atom stereocenters. The minimum absolute atomic E-state index is 0.376. The van der Waals surface area contributed by atoms with Gasteiger partial charge < -0.3 is 16.0 Å². The molecule has 3 N–H and O–H groups in total. The van der Waals surface area contributed by atoms with Gasteiger partial charge in [-0.3, -0.25) is 4.99 Å². The Morgan fingerprint density at radius 2 is 1.76 bits per heavy atom. The number of hydrogen-bond acceptors (Lipinski definition) is 2. The van der Waals surface area contributed by atoms with E-state index in [1.807, 2.05) is 0 Å². The van der Waals surface area contributed by atoms with Gasteiger partial charge in [0.15, 0.2) is 5.96 Å². The van der Waals surface area contributed by atoms with Crippen LogP contribution >= 0.6 is 0 Å². The van der Waals surface area contributed by atoms with Crippen LogP contribution in [0.5, 0.6) is 0 Å². The summed E-state index contributed by atoms with van der Waals surface area (Å²) in [6, 6.07) is 0.376. The molecule has 1 unspecified atom stereocenters. The third-order valence-corrected chi connectivity index (χ3v) is 2.32. The first-order valence-electron chi connectivity index (χ1n) is 6.52. The van der Waals surface area contributed by atoms with Crippen LogP contribution in [0.2, 0.25) is 0 Å². The van der Waals surface area contributed by atoms with Gasteiger partial charge in [0.1, 0.15) is 0 Å². The van der Waals surface area contributed by atoms with Gasteiger partial charge in [-0.1, -0.05) is 27.7 Å². The van der Waals surface area contributed by atoms with Crippen molar-refractivity contribution in [1.82, 2.24) is 10.2 Å². The lowest BCUT2D eigenvalue weighted by molar-refractivity contribution is 0.327. The fourth-order valence-electron chi connectivity index (χ4n) is 1.72. The van der Waals surface area contributed by atoms with Crippen LogP contribution in [0.25, 0.3) is 0 Å². The second kappa shape index (κ2) is 8.34. The van der Waals surface area contributed by atoms with Crippen molar-refractivity contribution in [1.29, 1.82) is 0 Å². The molecule has 102 valence electrons. The molecular weight excluding hydrogens is 212 g/mol. The van der Waals surface area contributed by atoms with Crippen molar-refractivity contribution in [2.24, 2.45) is 22.6 Å². The Kier molecular flexibility index (Phi) is 7.96. The van der Waals surface area contributed by atoms with Gasteiger partial charge in [-0.2, -0.15) is 0 Å². The number of nitrogens with one attached hydrogen (secondary N) is 1. The van der Waals surface area contributed by atoms with E-state index in [4.69, 9.17) is 5.73 Å². The molecule has 0 saturated carbocycles. The summed E-state index contributed by atoms with van der Waals surface area (Å²) < 4.78 is 0. The number of nitrogens with two attached hydrogens (primary N) is 1. The third kappa shape index (κ3) is 10.1. The number of guanidine groups is 1. The Balaban J connectivity index is 4.25. The standard InChI is InChI=1S/C13H30N4/c1-10(2)7-12(9-17(5)6)16-13(14)15-8-11(3)4/h10-12H,7-9H2,1-6H3,(H3,14,15,16). The number of aliphatic imine (C=N–C) groups is 1. The van der Waals surface area contributed by atoms with Crippen LogP contribution in [-0.4, -0.2) is 44.1 Å². The molecule has 4 nitrogen and oxygen atoms in total. The average Bonchev–Trinajstić information content (AvgIpc) is 2.12. The molecule has 17 heavy (non-hydrogen) atoms. The van der Waals surface area contributed by atoms with Gasteiger partial charge in [-0.25, -0.2) is 0 Å². The average molecular weight is 242 g/mol. The lowest BCUT2D eigenvalue weighted by Gasteiger charge is -2.24. The maximum absolute atomic E-state index is 5.89. The van der Waals surface area contributed by atoms with Gasteiger partial charge in [-0.05, 0) is 32.4 Å². The fraction of sp³-hybridized carbons (Fsp3) is 0.923. The van der Waals surface area contributed by atoms with E-state index in [2.05, 4.69) is 57.0 Å². The summed E-state index contributed by atoms with van der Waals surface area (Å²) in [5.41, 5.74) is 5.89. The molecule has 0 rings (SSSR count). The van der Waals surface area contributed by atoms with Gasteiger partial charge >= 0.3 is 0 Å². The van der Waals surface area contributed by atoms with Crippen molar-refractivity contribution in [3.8, 4) is 0 Å². The SMILES string of the molecule is CC(C)CN=C(N)NC(CC(C)C)CN(C)C. The molecule has 4 heteroatoms. The molecule has 0 aromatic rings. The van der Waals surface area contributed by atoms with Crippen LogP contribution in [0.15, 0.2) is 4.99 Å². The smallest absolute Gasteiger partial charge is 0.188 e. The molecule has 0 radical (unpaired) electrons. The van der Waals surface area contributed by atoms with Crippen molar-refractivity contribution in [3.63, 3.8) is 0 Å². The van der Waals surface area contributed by atoms with Crippen LogP contribution in [0.4, 0.5) is 0 Å². The van der Waals surface area contributed by atoms with Crippen LogP contribution < -0.4 is 11.1 Å². The molecule has 0 aliphatic carbocycles. The van der Waals surface area contributed by atoms with Crippen molar-refractivity contribution in [3.05, 3.63) is 0 Å². The topological polar surface area (TPSA) is 53.6 Å². The van der Waals surface area contributed by atoms with Crippen LogP contribution in [-0.2, 0) is 0 Å². The lowest BCUT2D eigenvalue weighted by Crippen LogP contribution is -2.46. The van der Waals surface area contributed by atoms with E-state index in [1.54, 1.807) is 0 Å². The van der Waals surface area contributed by atoms with E-state index in [-0.39, 0.29) is 0 Å². The van der Waals surface area contributed by atoms with Crippen LogP contribution in [0.3, 0.4) is 0 Å². The van der Waals surface area contributed by atoms with Gasteiger partial charge in [0.2, 0.25) is 0 Å². The molecule has 0 fully saturated rings. The van der Waals surface area contributed by atoms with Crippen molar-refractivity contribution in [2.75, 3.05) is 27.2 Å². The van der Waals surface area contributed by atoms with Crippen LogP contribution in [0, 0.1) is 11.8 Å². The van der Waals surface area contributed by atoms with Gasteiger partial charge in [-0.15, -0.1) is 0 Å². The predicted octanol–water partition coefficient (Wildman–Crippen LogP) is 1.52. The Bertz CT molecular complexity index is 211. The Hall–Kier alpha value is -0.770. The first kappa shape index (κ1) is 16.2. The van der Waals surface area contributed by atoms with Crippen molar-refractivity contribution in [2.45, 2.75) is 40.2 Å². The van der Waals surface area contributed by atoms with E-state index >= 15 is 0 Å². The molecule has 0 saturated heterocycles. The molecule has 0 aromatic heterocycles. The molecule has 0 spiro atoms. The summed E-state index contributed by atoms with van der Waals surface area (Å²) >= 11 is 0. The van der Waals surface area contributed by atoms with Gasteiger partial charge in [0, 0.05) is 19.1 Å². The van der Waals surface area contributed by atoms with Crippen molar-refractivity contribution < 1.29 is 0 Å². The Labute approximate surface area is 107 Å². The number of nitrogens with zero attached hydrogens (tertiary/aromatic N) is 2. The van der Waals surface area contributed by atoms with E-state index in [1.165, 1.54) is 0 Å². The predicted molar refractivity (Wildman–Crippen MR) is 76.3 cm³/mol. The van der Waals surface area contributed by atoms with Crippen molar-refractivity contribution >= 4 is 5.96 Å². The highest BCUT2D eigenvalue weighted by Crippen LogP contribution is 2.05. The summed E-state index contributed by atoms with van der Waals surface area (Å²) in [6.45, 7) is 10.5.